The molecule has 0 saturated heterocycles. The van der Waals surface area contributed by atoms with Crippen molar-refractivity contribution in [2.24, 2.45) is 5.41 Å². The maximum Gasteiger partial charge on any atom is 0.224 e. The number of fused-ring (bicyclic) bond motifs is 2. The van der Waals surface area contributed by atoms with Gasteiger partial charge in [0.25, 0.3) is 0 Å². The molecule has 188 valence electrons. The Morgan fingerprint density at radius 1 is 0.895 bits per heavy atom. The maximum absolute atomic E-state index is 12.4. The van der Waals surface area contributed by atoms with Gasteiger partial charge in [0.15, 0.2) is 11.5 Å². The Labute approximate surface area is 218 Å². The first-order chi connectivity index (χ1) is 18.3. The van der Waals surface area contributed by atoms with Gasteiger partial charge >= 0.3 is 0 Å². The molecule has 1 amide bonds. The van der Waals surface area contributed by atoms with Crippen LogP contribution < -0.4 is 5.32 Å². The highest BCUT2D eigenvalue weighted by Crippen LogP contribution is 2.31. The van der Waals surface area contributed by atoms with E-state index in [-0.39, 0.29) is 11.3 Å². The summed E-state index contributed by atoms with van der Waals surface area (Å²) < 4.78 is 0. The quantitative estimate of drug-likeness (QED) is 0.286. The predicted molar refractivity (Wildman–Crippen MR) is 146 cm³/mol. The van der Waals surface area contributed by atoms with Crippen LogP contribution in [0.2, 0.25) is 0 Å². The number of nitrogens with zero attached hydrogens (tertiary/aromatic N) is 6. The van der Waals surface area contributed by atoms with E-state index in [1.807, 2.05) is 57.2 Å². The SMILES string of the molecule is CC(C)(C)CC(=O)Nc1cncc(-c2ccc3[nH]nc(-c4nc5c(-c6cccnc6)nccc5[nH]4)c3n2)c1. The smallest absolute Gasteiger partial charge is 0.224 e. The number of amides is 1. The molecule has 0 fully saturated rings. The molecule has 6 rings (SSSR count). The van der Waals surface area contributed by atoms with E-state index in [2.05, 4.69) is 35.5 Å². The zero-order chi connectivity index (χ0) is 26.3. The minimum atomic E-state index is -0.106. The summed E-state index contributed by atoms with van der Waals surface area (Å²) in [5.41, 5.74) is 7.22. The normalized spacial score (nSPS) is 11.8. The van der Waals surface area contributed by atoms with Crippen LogP contribution in [-0.2, 0) is 4.79 Å². The first-order valence-electron chi connectivity index (χ1n) is 12.2. The third kappa shape index (κ3) is 4.59. The Kier molecular flexibility index (Phi) is 5.64. The van der Waals surface area contributed by atoms with Crippen molar-refractivity contribution < 1.29 is 4.79 Å². The van der Waals surface area contributed by atoms with E-state index < -0.39 is 0 Å². The molecule has 0 spiro atoms. The average Bonchev–Trinajstić information content (AvgIpc) is 3.51. The first-order valence-corrected chi connectivity index (χ1v) is 12.2. The number of anilines is 1. The molecular weight excluding hydrogens is 478 g/mol. The number of rotatable bonds is 5. The van der Waals surface area contributed by atoms with E-state index in [9.17, 15) is 4.79 Å². The van der Waals surface area contributed by atoms with Gasteiger partial charge in [-0.25, -0.2) is 9.97 Å². The van der Waals surface area contributed by atoms with E-state index >= 15 is 0 Å². The summed E-state index contributed by atoms with van der Waals surface area (Å²) in [7, 11) is 0. The molecule has 0 aromatic carbocycles. The highest BCUT2D eigenvalue weighted by molar-refractivity contribution is 5.95. The van der Waals surface area contributed by atoms with Crippen LogP contribution in [0.3, 0.4) is 0 Å². The standard InChI is InChI=1S/C28H25N9O/c1-28(2,3)12-22(38)32-18-11-17(14-30-15-18)19-6-7-21-25(33-19)26(37-36-21)27-34-20-8-10-31-23(24(20)35-27)16-5-4-9-29-13-16/h4-11,13-15H,12H2,1-3H3,(H,32,38)(H,34,35)(H,36,37). The van der Waals surface area contributed by atoms with Crippen molar-refractivity contribution in [2.75, 3.05) is 5.32 Å². The Hall–Kier alpha value is -4.99. The molecule has 0 aliphatic rings. The maximum atomic E-state index is 12.4. The van der Waals surface area contributed by atoms with Gasteiger partial charge < -0.3 is 10.3 Å². The topological polar surface area (TPSA) is 138 Å². The molecule has 0 atom stereocenters. The molecule has 0 radical (unpaired) electrons. The van der Waals surface area contributed by atoms with Crippen LogP contribution in [0.1, 0.15) is 27.2 Å². The Balaban J connectivity index is 1.36. The number of aromatic amines is 2. The number of nitrogens with one attached hydrogen (secondary N) is 3. The monoisotopic (exact) mass is 503 g/mol. The summed E-state index contributed by atoms with van der Waals surface area (Å²) in [6.45, 7) is 6.09. The fourth-order valence-corrected chi connectivity index (χ4v) is 4.32. The van der Waals surface area contributed by atoms with Gasteiger partial charge in [0.05, 0.1) is 34.3 Å². The number of carbonyl (C=O) groups is 1. The second-order valence-corrected chi connectivity index (χ2v) is 10.3. The third-order valence-electron chi connectivity index (χ3n) is 5.98. The van der Waals surface area contributed by atoms with Crippen LogP contribution in [0.4, 0.5) is 5.69 Å². The molecule has 0 aliphatic carbocycles. The largest absolute Gasteiger partial charge is 0.336 e. The fourth-order valence-electron chi connectivity index (χ4n) is 4.32. The predicted octanol–water partition coefficient (Wildman–Crippen LogP) is 5.39. The van der Waals surface area contributed by atoms with Crippen LogP contribution in [-0.4, -0.2) is 46.0 Å². The highest BCUT2D eigenvalue weighted by Gasteiger charge is 2.19. The second kappa shape index (κ2) is 9.15. The van der Waals surface area contributed by atoms with Gasteiger partial charge in [-0.1, -0.05) is 20.8 Å². The minimum Gasteiger partial charge on any atom is -0.336 e. The molecule has 6 aromatic rings. The molecule has 10 heteroatoms. The summed E-state index contributed by atoms with van der Waals surface area (Å²) in [5, 5.41) is 10.5. The fraction of sp³-hybridized carbons (Fsp3) is 0.179. The number of hydrogen-bond acceptors (Lipinski definition) is 7. The molecular formula is C28H25N9O. The number of H-pyrrole nitrogens is 2. The van der Waals surface area contributed by atoms with E-state index in [1.165, 1.54) is 0 Å². The highest BCUT2D eigenvalue weighted by atomic mass is 16.1. The lowest BCUT2D eigenvalue weighted by atomic mass is 9.92. The molecule has 0 bridgehead atoms. The number of aromatic nitrogens is 8. The number of imidazole rings is 1. The van der Waals surface area contributed by atoms with E-state index in [1.54, 1.807) is 31.0 Å². The molecule has 6 heterocycles. The molecule has 0 saturated carbocycles. The first kappa shape index (κ1) is 23.4. The Morgan fingerprint density at radius 3 is 2.55 bits per heavy atom. The van der Waals surface area contributed by atoms with Crippen LogP contribution >= 0.6 is 0 Å². The van der Waals surface area contributed by atoms with Crippen LogP contribution in [0.5, 0.6) is 0 Å². The van der Waals surface area contributed by atoms with Crippen molar-refractivity contribution in [3.8, 4) is 34.0 Å². The molecule has 6 aromatic heterocycles. The lowest BCUT2D eigenvalue weighted by molar-refractivity contribution is -0.117. The lowest BCUT2D eigenvalue weighted by Crippen LogP contribution is -2.19. The van der Waals surface area contributed by atoms with Crippen molar-refractivity contribution in [3.63, 3.8) is 0 Å². The van der Waals surface area contributed by atoms with Crippen LogP contribution in [0, 0.1) is 5.41 Å². The Bertz CT molecular complexity index is 1780. The molecule has 38 heavy (non-hydrogen) atoms. The third-order valence-corrected chi connectivity index (χ3v) is 5.98. The molecule has 10 nitrogen and oxygen atoms in total. The van der Waals surface area contributed by atoms with Crippen molar-refractivity contribution in [3.05, 3.63) is 67.4 Å². The van der Waals surface area contributed by atoms with E-state index in [0.717, 1.165) is 33.4 Å². The summed E-state index contributed by atoms with van der Waals surface area (Å²) >= 11 is 0. The van der Waals surface area contributed by atoms with Crippen LogP contribution in [0.15, 0.2) is 67.4 Å². The summed E-state index contributed by atoms with van der Waals surface area (Å²) in [4.78, 5) is 38.5. The molecule has 0 unspecified atom stereocenters. The minimum absolute atomic E-state index is 0.0537. The zero-order valence-corrected chi connectivity index (χ0v) is 21.1. The number of pyridine rings is 4. The summed E-state index contributed by atoms with van der Waals surface area (Å²) in [6, 6.07) is 11.4. The van der Waals surface area contributed by atoms with Gasteiger partial charge in [0.1, 0.15) is 11.0 Å². The van der Waals surface area contributed by atoms with Crippen molar-refractivity contribution in [1.29, 1.82) is 0 Å². The van der Waals surface area contributed by atoms with Crippen molar-refractivity contribution >= 4 is 33.7 Å². The van der Waals surface area contributed by atoms with Crippen molar-refractivity contribution in [2.45, 2.75) is 27.2 Å². The van der Waals surface area contributed by atoms with Gasteiger partial charge in [0.2, 0.25) is 5.91 Å². The number of hydrogen-bond donors (Lipinski definition) is 3. The van der Waals surface area contributed by atoms with Gasteiger partial charge in [-0.2, -0.15) is 5.10 Å². The average molecular weight is 504 g/mol. The van der Waals surface area contributed by atoms with Crippen LogP contribution in [0.25, 0.3) is 56.1 Å². The van der Waals surface area contributed by atoms with E-state index in [0.29, 0.717) is 34.8 Å². The second-order valence-electron chi connectivity index (χ2n) is 10.3. The Morgan fingerprint density at radius 2 is 1.74 bits per heavy atom. The van der Waals surface area contributed by atoms with E-state index in [4.69, 9.17) is 9.97 Å². The molecule has 0 aliphatic heterocycles. The zero-order valence-electron chi connectivity index (χ0n) is 21.1. The summed E-state index contributed by atoms with van der Waals surface area (Å²) in [5.74, 6) is 0.525. The molecule has 3 N–H and O–H groups in total. The van der Waals surface area contributed by atoms with Gasteiger partial charge in [0, 0.05) is 42.3 Å². The van der Waals surface area contributed by atoms with Crippen molar-refractivity contribution in [1.82, 2.24) is 40.1 Å². The lowest BCUT2D eigenvalue weighted by Gasteiger charge is -2.17. The van der Waals surface area contributed by atoms with Gasteiger partial charge in [-0.3, -0.25) is 24.8 Å². The van der Waals surface area contributed by atoms with Gasteiger partial charge in [-0.15, -0.1) is 0 Å². The summed E-state index contributed by atoms with van der Waals surface area (Å²) in [6.07, 6.45) is 9.00. The van der Waals surface area contributed by atoms with Gasteiger partial charge in [-0.05, 0) is 41.8 Å². The number of carbonyl (C=O) groups excluding carboxylic acids is 1.